The van der Waals surface area contributed by atoms with Gasteiger partial charge in [0, 0.05) is 41.6 Å². The van der Waals surface area contributed by atoms with E-state index in [0.29, 0.717) is 34.9 Å². The van der Waals surface area contributed by atoms with Gasteiger partial charge in [0.05, 0.1) is 18.5 Å². The minimum Gasteiger partial charge on any atom is -0.457 e. The van der Waals surface area contributed by atoms with Gasteiger partial charge in [-0.1, -0.05) is 12.1 Å². The lowest BCUT2D eigenvalue weighted by Crippen LogP contribution is -2.32. The topological polar surface area (TPSA) is 114 Å². The van der Waals surface area contributed by atoms with Crippen LogP contribution in [-0.2, 0) is 28.4 Å². The SMILES string of the molecule is CCS(=O)(=O)Nc1ccc(Oc2cccc(COC3CCNCC3)c2)c(-c2cn(C)c(=O)c3[nH]ccc23)c1. The number of pyridine rings is 1. The molecule has 2 aromatic carbocycles. The van der Waals surface area contributed by atoms with Crippen LogP contribution in [0.2, 0.25) is 0 Å². The molecule has 9 nitrogen and oxygen atoms in total. The molecule has 0 amide bonds. The Morgan fingerprint density at radius 1 is 1.08 bits per heavy atom. The fraction of sp³-hybridized carbons (Fsp3) is 0.321. The monoisotopic (exact) mass is 536 g/mol. The lowest BCUT2D eigenvalue weighted by atomic mass is 10.0. The summed E-state index contributed by atoms with van der Waals surface area (Å²) in [6, 6.07) is 14.7. The van der Waals surface area contributed by atoms with E-state index in [-0.39, 0.29) is 17.4 Å². The van der Waals surface area contributed by atoms with Gasteiger partial charge in [0.25, 0.3) is 5.56 Å². The number of aromatic nitrogens is 2. The van der Waals surface area contributed by atoms with Crippen LogP contribution in [0.3, 0.4) is 0 Å². The average Bonchev–Trinajstić information content (AvgIpc) is 3.42. The molecular weight excluding hydrogens is 504 g/mol. The maximum atomic E-state index is 12.6. The molecule has 200 valence electrons. The van der Waals surface area contributed by atoms with Crippen molar-refractivity contribution < 1.29 is 17.9 Å². The van der Waals surface area contributed by atoms with E-state index >= 15 is 0 Å². The van der Waals surface area contributed by atoms with Crippen LogP contribution in [0.4, 0.5) is 5.69 Å². The van der Waals surface area contributed by atoms with Gasteiger partial charge in [0.15, 0.2) is 0 Å². The maximum Gasteiger partial charge on any atom is 0.274 e. The number of benzene rings is 2. The predicted octanol–water partition coefficient (Wildman–Crippen LogP) is 4.36. The lowest BCUT2D eigenvalue weighted by molar-refractivity contribution is 0.0212. The Balaban J connectivity index is 1.50. The molecule has 10 heteroatoms. The van der Waals surface area contributed by atoms with Crippen LogP contribution in [0.25, 0.3) is 22.0 Å². The standard InChI is InChI=1S/C28H32N4O5S/c1-3-38(34,35)31-20-7-8-26(24(16-20)25-17-32(2)28(33)27-23(25)11-14-30-27)37-22-6-4-5-19(15-22)18-36-21-9-12-29-13-10-21/h4-8,11,14-17,21,29-31H,3,9-10,12-13,18H2,1-2H3. The first-order valence-corrected chi connectivity index (χ1v) is 14.4. The van der Waals surface area contributed by atoms with Gasteiger partial charge in [-0.05, 0) is 74.8 Å². The number of rotatable bonds is 9. The molecule has 1 aliphatic heterocycles. The number of aromatic amines is 1. The molecule has 0 unspecified atom stereocenters. The Morgan fingerprint density at radius 3 is 2.68 bits per heavy atom. The molecule has 1 fully saturated rings. The zero-order valence-corrected chi connectivity index (χ0v) is 22.3. The van der Waals surface area contributed by atoms with E-state index in [1.165, 1.54) is 4.57 Å². The summed E-state index contributed by atoms with van der Waals surface area (Å²) in [5.41, 5.74) is 3.12. The number of nitrogens with zero attached hydrogens (tertiary/aromatic N) is 1. The first-order valence-electron chi connectivity index (χ1n) is 12.7. The molecule has 3 N–H and O–H groups in total. The number of nitrogens with one attached hydrogen (secondary N) is 3. The third-order valence-corrected chi connectivity index (χ3v) is 8.02. The van der Waals surface area contributed by atoms with Gasteiger partial charge in [-0.3, -0.25) is 9.52 Å². The number of hydrogen-bond donors (Lipinski definition) is 3. The van der Waals surface area contributed by atoms with Crippen LogP contribution in [0.15, 0.2) is 65.7 Å². The first kappa shape index (κ1) is 26.0. The molecular formula is C28H32N4O5S. The number of fused-ring (bicyclic) bond motifs is 1. The molecule has 0 spiro atoms. The Kier molecular flexibility index (Phi) is 7.55. The van der Waals surface area contributed by atoms with E-state index in [2.05, 4.69) is 15.0 Å². The first-order chi connectivity index (χ1) is 18.3. The Hall–Kier alpha value is -3.60. The molecule has 1 saturated heterocycles. The van der Waals surface area contributed by atoms with Crippen molar-refractivity contribution in [1.82, 2.24) is 14.9 Å². The fourth-order valence-corrected chi connectivity index (χ4v) is 5.26. The van der Waals surface area contributed by atoms with Crippen molar-refractivity contribution in [1.29, 1.82) is 0 Å². The zero-order valence-electron chi connectivity index (χ0n) is 21.5. The second kappa shape index (κ2) is 11.0. The van der Waals surface area contributed by atoms with E-state index in [4.69, 9.17) is 9.47 Å². The maximum absolute atomic E-state index is 12.6. The van der Waals surface area contributed by atoms with E-state index < -0.39 is 10.0 Å². The highest BCUT2D eigenvalue weighted by Crippen LogP contribution is 2.38. The number of ether oxygens (including phenoxy) is 2. The number of hydrogen-bond acceptors (Lipinski definition) is 6. The van der Waals surface area contributed by atoms with E-state index in [1.807, 2.05) is 30.3 Å². The predicted molar refractivity (Wildman–Crippen MR) is 149 cm³/mol. The summed E-state index contributed by atoms with van der Waals surface area (Å²) >= 11 is 0. The van der Waals surface area contributed by atoms with Crippen LogP contribution in [-0.4, -0.2) is 42.9 Å². The minimum atomic E-state index is -3.48. The van der Waals surface area contributed by atoms with Crippen LogP contribution < -0.4 is 20.3 Å². The third-order valence-electron chi connectivity index (χ3n) is 6.72. The summed E-state index contributed by atoms with van der Waals surface area (Å²) < 4.78 is 41.1. The smallest absolute Gasteiger partial charge is 0.274 e. The fourth-order valence-electron chi connectivity index (χ4n) is 4.63. The highest BCUT2D eigenvalue weighted by atomic mass is 32.2. The lowest BCUT2D eigenvalue weighted by Gasteiger charge is -2.23. The van der Waals surface area contributed by atoms with Gasteiger partial charge in [0.2, 0.25) is 10.0 Å². The second-order valence-electron chi connectivity index (χ2n) is 9.45. The molecule has 0 saturated carbocycles. The molecule has 2 aromatic heterocycles. The molecule has 3 heterocycles. The van der Waals surface area contributed by atoms with Crippen molar-refractivity contribution in [3.63, 3.8) is 0 Å². The normalized spacial score (nSPS) is 14.6. The van der Waals surface area contributed by atoms with Crippen LogP contribution in [0.1, 0.15) is 25.3 Å². The Labute approximate surface area is 221 Å². The molecule has 0 bridgehead atoms. The molecule has 5 rings (SSSR count). The summed E-state index contributed by atoms with van der Waals surface area (Å²) in [6.07, 6.45) is 5.70. The molecule has 4 aromatic rings. The van der Waals surface area contributed by atoms with E-state index in [1.54, 1.807) is 44.6 Å². The molecule has 0 atom stereocenters. The highest BCUT2D eigenvalue weighted by molar-refractivity contribution is 7.92. The van der Waals surface area contributed by atoms with Crippen LogP contribution in [0, 0.1) is 0 Å². The van der Waals surface area contributed by atoms with E-state index in [0.717, 1.165) is 42.4 Å². The summed E-state index contributed by atoms with van der Waals surface area (Å²) in [4.78, 5) is 15.7. The van der Waals surface area contributed by atoms with Gasteiger partial charge in [-0.25, -0.2) is 8.42 Å². The largest absolute Gasteiger partial charge is 0.457 e. The second-order valence-corrected chi connectivity index (χ2v) is 11.5. The van der Waals surface area contributed by atoms with Crippen molar-refractivity contribution in [2.75, 3.05) is 23.6 Å². The molecule has 0 aliphatic carbocycles. The highest BCUT2D eigenvalue weighted by Gasteiger charge is 2.18. The number of piperidine rings is 1. The summed E-state index contributed by atoms with van der Waals surface area (Å²) in [6.45, 7) is 4.02. The number of aryl methyl sites for hydroxylation is 1. The van der Waals surface area contributed by atoms with Crippen LogP contribution >= 0.6 is 0 Å². The van der Waals surface area contributed by atoms with Gasteiger partial charge in [-0.15, -0.1) is 0 Å². The number of sulfonamides is 1. The number of H-pyrrole nitrogens is 1. The Morgan fingerprint density at radius 2 is 1.89 bits per heavy atom. The quantitative estimate of drug-likeness (QED) is 0.293. The van der Waals surface area contributed by atoms with Crippen molar-refractivity contribution in [2.24, 2.45) is 7.05 Å². The van der Waals surface area contributed by atoms with Crippen molar-refractivity contribution in [3.8, 4) is 22.6 Å². The summed E-state index contributed by atoms with van der Waals surface area (Å²) in [5, 5.41) is 4.06. The summed E-state index contributed by atoms with van der Waals surface area (Å²) in [7, 11) is -1.80. The Bertz CT molecular complexity index is 1600. The zero-order chi connectivity index (χ0) is 26.7. The number of anilines is 1. The summed E-state index contributed by atoms with van der Waals surface area (Å²) in [5.74, 6) is 1.12. The van der Waals surface area contributed by atoms with E-state index in [9.17, 15) is 13.2 Å². The van der Waals surface area contributed by atoms with Crippen LogP contribution in [0.5, 0.6) is 11.5 Å². The van der Waals surface area contributed by atoms with Gasteiger partial charge >= 0.3 is 0 Å². The minimum absolute atomic E-state index is 0.0469. The van der Waals surface area contributed by atoms with Crippen molar-refractivity contribution in [2.45, 2.75) is 32.5 Å². The molecule has 38 heavy (non-hydrogen) atoms. The average molecular weight is 537 g/mol. The molecule has 1 aliphatic rings. The van der Waals surface area contributed by atoms with Crippen molar-refractivity contribution >= 4 is 26.6 Å². The third kappa shape index (κ3) is 5.77. The molecule has 0 radical (unpaired) electrons. The van der Waals surface area contributed by atoms with Gasteiger partial charge in [-0.2, -0.15) is 0 Å². The van der Waals surface area contributed by atoms with Gasteiger partial charge < -0.3 is 24.3 Å². The van der Waals surface area contributed by atoms with Crippen molar-refractivity contribution in [3.05, 3.63) is 76.8 Å². The van der Waals surface area contributed by atoms with Gasteiger partial charge in [0.1, 0.15) is 17.0 Å².